The number of benzene rings is 1. The van der Waals surface area contributed by atoms with Crippen LogP contribution in [0.4, 0.5) is 10.1 Å². The number of aryl methyl sites for hydroxylation is 1. The lowest BCUT2D eigenvalue weighted by Crippen LogP contribution is -2.22. The van der Waals surface area contributed by atoms with Crippen LogP contribution in [0.2, 0.25) is 0 Å². The topological polar surface area (TPSA) is 44.9 Å². The fraction of sp³-hybridized carbons (Fsp3) is 0.312. The van der Waals surface area contributed by atoms with Crippen LogP contribution in [-0.4, -0.2) is 4.98 Å². The second-order valence-corrected chi connectivity index (χ2v) is 5.26. The number of hydrogen-bond donors (Lipinski definition) is 2. The quantitative estimate of drug-likeness (QED) is 0.881. The molecule has 2 N–H and O–H groups in total. The molecule has 1 aliphatic carbocycles. The molecule has 1 unspecified atom stereocenters. The Hall–Kier alpha value is -2.10. The summed E-state index contributed by atoms with van der Waals surface area (Å²) in [6, 6.07) is 8.61. The molecule has 0 aliphatic heterocycles. The van der Waals surface area contributed by atoms with Crippen molar-refractivity contribution in [2.24, 2.45) is 0 Å². The summed E-state index contributed by atoms with van der Waals surface area (Å²) in [6.07, 6.45) is 2.89. The van der Waals surface area contributed by atoms with Crippen molar-refractivity contribution in [2.45, 2.75) is 32.2 Å². The van der Waals surface area contributed by atoms with Crippen molar-refractivity contribution in [3.63, 3.8) is 0 Å². The number of aromatic amines is 1. The first-order chi connectivity index (χ1) is 9.65. The Kier molecular flexibility index (Phi) is 3.30. The van der Waals surface area contributed by atoms with Crippen molar-refractivity contribution >= 4 is 5.69 Å². The number of anilines is 1. The van der Waals surface area contributed by atoms with Gasteiger partial charge in [-0.25, -0.2) is 4.39 Å². The average molecular weight is 272 g/mol. The second-order valence-electron chi connectivity index (χ2n) is 5.26. The number of fused-ring (bicyclic) bond motifs is 1. The number of aromatic nitrogens is 1. The molecule has 1 heterocycles. The summed E-state index contributed by atoms with van der Waals surface area (Å²) in [5.74, 6) is -0.201. The molecular weight excluding hydrogens is 255 g/mol. The maximum Gasteiger partial charge on any atom is 0.248 e. The van der Waals surface area contributed by atoms with Crippen LogP contribution in [0.5, 0.6) is 0 Å². The van der Waals surface area contributed by atoms with Crippen LogP contribution in [-0.2, 0) is 6.42 Å². The lowest BCUT2D eigenvalue weighted by molar-refractivity contribution is 0.584. The SMILES string of the molecule is Cc1c(F)cccc1NC1CCCc2[nH]c(=O)ccc21. The highest BCUT2D eigenvalue weighted by Gasteiger charge is 2.21. The largest absolute Gasteiger partial charge is 0.378 e. The minimum absolute atomic E-state index is 0.0636. The minimum atomic E-state index is -0.201. The number of H-pyrrole nitrogens is 1. The normalized spacial score (nSPS) is 17.6. The molecule has 0 spiro atoms. The third-order valence-corrected chi connectivity index (χ3v) is 3.93. The molecule has 0 saturated carbocycles. The van der Waals surface area contributed by atoms with E-state index in [0.29, 0.717) is 5.56 Å². The number of halogens is 1. The molecule has 0 saturated heterocycles. The zero-order valence-electron chi connectivity index (χ0n) is 11.4. The summed E-state index contributed by atoms with van der Waals surface area (Å²) >= 11 is 0. The monoisotopic (exact) mass is 272 g/mol. The van der Waals surface area contributed by atoms with E-state index in [1.165, 1.54) is 6.07 Å². The first-order valence-electron chi connectivity index (χ1n) is 6.89. The zero-order valence-corrected chi connectivity index (χ0v) is 11.4. The third-order valence-electron chi connectivity index (χ3n) is 3.93. The highest BCUT2D eigenvalue weighted by atomic mass is 19.1. The van der Waals surface area contributed by atoms with E-state index < -0.39 is 0 Å². The standard InChI is InChI=1S/C16H17FN2O/c1-10-12(17)4-2-5-13(10)18-14-6-3-7-15-11(14)8-9-16(20)19-15/h2,4-5,8-9,14,18H,3,6-7H2,1H3,(H,19,20). The summed E-state index contributed by atoms with van der Waals surface area (Å²) < 4.78 is 13.6. The van der Waals surface area contributed by atoms with Crippen LogP contribution >= 0.6 is 0 Å². The van der Waals surface area contributed by atoms with E-state index in [9.17, 15) is 9.18 Å². The molecule has 1 aromatic heterocycles. The Morgan fingerprint density at radius 1 is 1.30 bits per heavy atom. The van der Waals surface area contributed by atoms with Gasteiger partial charge in [-0.2, -0.15) is 0 Å². The van der Waals surface area contributed by atoms with Gasteiger partial charge in [-0.1, -0.05) is 6.07 Å². The molecule has 20 heavy (non-hydrogen) atoms. The number of nitrogens with one attached hydrogen (secondary N) is 2. The molecule has 4 heteroatoms. The van der Waals surface area contributed by atoms with Gasteiger partial charge in [0.2, 0.25) is 5.56 Å². The van der Waals surface area contributed by atoms with E-state index >= 15 is 0 Å². The van der Waals surface area contributed by atoms with Crippen molar-refractivity contribution < 1.29 is 4.39 Å². The molecule has 3 rings (SSSR count). The summed E-state index contributed by atoms with van der Waals surface area (Å²) in [4.78, 5) is 14.3. The smallest absolute Gasteiger partial charge is 0.248 e. The van der Waals surface area contributed by atoms with Gasteiger partial charge < -0.3 is 10.3 Å². The Morgan fingerprint density at radius 2 is 2.15 bits per heavy atom. The Balaban J connectivity index is 1.93. The molecule has 1 atom stereocenters. The average Bonchev–Trinajstić information content (AvgIpc) is 2.44. The second kappa shape index (κ2) is 5.12. The molecule has 0 bridgehead atoms. The summed E-state index contributed by atoms with van der Waals surface area (Å²) in [7, 11) is 0. The van der Waals surface area contributed by atoms with Crippen LogP contribution in [0.25, 0.3) is 0 Å². The van der Waals surface area contributed by atoms with Gasteiger partial charge in [-0.3, -0.25) is 4.79 Å². The van der Waals surface area contributed by atoms with E-state index in [4.69, 9.17) is 0 Å². The number of rotatable bonds is 2. The lowest BCUT2D eigenvalue weighted by atomic mass is 9.91. The van der Waals surface area contributed by atoms with Crippen LogP contribution in [0, 0.1) is 12.7 Å². The fourth-order valence-corrected chi connectivity index (χ4v) is 2.80. The van der Waals surface area contributed by atoms with Crippen LogP contribution < -0.4 is 10.9 Å². The molecule has 104 valence electrons. The van der Waals surface area contributed by atoms with Crippen LogP contribution in [0.3, 0.4) is 0 Å². The van der Waals surface area contributed by atoms with Gasteiger partial charge in [-0.05, 0) is 49.9 Å². The van der Waals surface area contributed by atoms with Crippen molar-refractivity contribution in [3.05, 3.63) is 63.3 Å². The first-order valence-corrected chi connectivity index (χ1v) is 6.89. The maximum absolute atomic E-state index is 13.6. The number of hydrogen-bond acceptors (Lipinski definition) is 2. The van der Waals surface area contributed by atoms with Crippen molar-refractivity contribution in [1.29, 1.82) is 0 Å². The van der Waals surface area contributed by atoms with Crippen LogP contribution in [0.15, 0.2) is 35.1 Å². The van der Waals surface area contributed by atoms with E-state index in [1.54, 1.807) is 19.1 Å². The van der Waals surface area contributed by atoms with E-state index in [0.717, 1.165) is 36.2 Å². The molecule has 1 aliphatic rings. The zero-order chi connectivity index (χ0) is 14.1. The highest BCUT2D eigenvalue weighted by Crippen LogP contribution is 2.32. The Bertz CT molecular complexity index is 693. The van der Waals surface area contributed by atoms with Crippen molar-refractivity contribution in [1.82, 2.24) is 4.98 Å². The highest BCUT2D eigenvalue weighted by molar-refractivity contribution is 5.53. The third kappa shape index (κ3) is 2.33. The van der Waals surface area contributed by atoms with Gasteiger partial charge in [0.25, 0.3) is 0 Å². The molecule has 0 amide bonds. The Morgan fingerprint density at radius 3 is 3.00 bits per heavy atom. The molecule has 2 aromatic rings. The van der Waals surface area contributed by atoms with E-state index in [-0.39, 0.29) is 17.4 Å². The minimum Gasteiger partial charge on any atom is -0.378 e. The van der Waals surface area contributed by atoms with Gasteiger partial charge >= 0.3 is 0 Å². The molecule has 3 nitrogen and oxygen atoms in total. The summed E-state index contributed by atoms with van der Waals surface area (Å²) in [6.45, 7) is 1.77. The van der Waals surface area contributed by atoms with Gasteiger partial charge in [0.15, 0.2) is 0 Å². The van der Waals surface area contributed by atoms with Gasteiger partial charge in [0, 0.05) is 23.0 Å². The molecule has 1 aromatic carbocycles. The van der Waals surface area contributed by atoms with E-state index in [1.807, 2.05) is 12.1 Å². The lowest BCUT2D eigenvalue weighted by Gasteiger charge is -2.27. The van der Waals surface area contributed by atoms with Gasteiger partial charge in [-0.15, -0.1) is 0 Å². The summed E-state index contributed by atoms with van der Waals surface area (Å²) in [5, 5.41) is 3.40. The van der Waals surface area contributed by atoms with Crippen LogP contribution in [0.1, 0.15) is 35.7 Å². The first kappa shape index (κ1) is 12.9. The predicted octanol–water partition coefficient (Wildman–Crippen LogP) is 3.31. The van der Waals surface area contributed by atoms with Crippen molar-refractivity contribution in [3.8, 4) is 0 Å². The van der Waals surface area contributed by atoms with Gasteiger partial charge in [0.05, 0.1) is 6.04 Å². The number of pyridine rings is 1. The summed E-state index contributed by atoms with van der Waals surface area (Å²) in [5.41, 5.74) is 3.49. The molecule has 0 radical (unpaired) electrons. The van der Waals surface area contributed by atoms with Gasteiger partial charge in [0.1, 0.15) is 5.82 Å². The molecule has 0 fully saturated rings. The van der Waals surface area contributed by atoms with Crippen molar-refractivity contribution in [2.75, 3.05) is 5.32 Å². The predicted molar refractivity (Wildman–Crippen MR) is 77.5 cm³/mol. The maximum atomic E-state index is 13.6. The van der Waals surface area contributed by atoms with E-state index in [2.05, 4.69) is 10.3 Å². The Labute approximate surface area is 116 Å². The molecular formula is C16H17FN2O. The fourth-order valence-electron chi connectivity index (χ4n) is 2.80.